The van der Waals surface area contributed by atoms with E-state index in [1.165, 1.54) is 51.4 Å². The third-order valence-corrected chi connectivity index (χ3v) is 4.71. The van der Waals surface area contributed by atoms with E-state index in [1.54, 1.807) is 0 Å². The minimum absolute atomic E-state index is 0.988. The molecule has 0 aromatic rings. The molecule has 0 saturated heterocycles. The Morgan fingerprint density at radius 3 is 2.38 bits per heavy atom. The highest BCUT2D eigenvalue weighted by atomic mass is 14.4. The van der Waals surface area contributed by atoms with Crippen molar-refractivity contribution in [2.75, 3.05) is 0 Å². The molecule has 0 heterocycles. The van der Waals surface area contributed by atoms with Crippen LogP contribution in [0.15, 0.2) is 0 Å². The lowest BCUT2D eigenvalue weighted by molar-refractivity contribution is 0.124. The van der Waals surface area contributed by atoms with E-state index in [-0.39, 0.29) is 0 Å². The van der Waals surface area contributed by atoms with Crippen LogP contribution in [0.1, 0.15) is 79.1 Å². The van der Waals surface area contributed by atoms with Gasteiger partial charge in [0, 0.05) is 0 Å². The second kappa shape index (κ2) is 7.35. The van der Waals surface area contributed by atoms with Crippen LogP contribution in [0.5, 0.6) is 0 Å². The van der Waals surface area contributed by atoms with Gasteiger partial charge in [0.05, 0.1) is 0 Å². The van der Waals surface area contributed by atoms with Gasteiger partial charge in [-0.05, 0) is 30.1 Å². The predicted octanol–water partition coefficient (Wildman–Crippen LogP) is 5.67. The van der Waals surface area contributed by atoms with Gasteiger partial charge in [0.15, 0.2) is 0 Å². The zero-order valence-corrected chi connectivity index (χ0v) is 12.0. The predicted molar refractivity (Wildman–Crippen MR) is 73.6 cm³/mol. The minimum Gasteiger partial charge on any atom is -0.0654 e. The Balaban J connectivity index is 2.52. The summed E-state index contributed by atoms with van der Waals surface area (Å²) in [6.07, 6.45) is 11.6. The highest BCUT2D eigenvalue weighted by Gasteiger charge is 2.30. The average molecular weight is 224 g/mol. The molecule has 0 radical (unpaired) electrons. The summed E-state index contributed by atoms with van der Waals surface area (Å²) in [5.74, 6) is 4.05. The molecule has 0 spiro atoms. The van der Waals surface area contributed by atoms with Crippen molar-refractivity contribution in [3.63, 3.8) is 0 Å². The lowest BCUT2D eigenvalue weighted by Crippen LogP contribution is -2.28. The van der Waals surface area contributed by atoms with Gasteiger partial charge in [0.25, 0.3) is 0 Å². The Bertz CT molecular complexity index is 173. The molecule has 4 unspecified atom stereocenters. The summed E-state index contributed by atoms with van der Waals surface area (Å²) in [6, 6.07) is 0. The fraction of sp³-hybridized carbons (Fsp3) is 1.00. The normalized spacial score (nSPS) is 32.6. The third-order valence-electron chi connectivity index (χ3n) is 4.71. The summed E-state index contributed by atoms with van der Waals surface area (Å²) in [6.45, 7) is 9.65. The molecule has 0 N–H and O–H groups in total. The van der Waals surface area contributed by atoms with Crippen LogP contribution < -0.4 is 0 Å². The van der Waals surface area contributed by atoms with Gasteiger partial charge < -0.3 is 0 Å². The maximum atomic E-state index is 2.51. The highest BCUT2D eigenvalue weighted by Crippen LogP contribution is 2.41. The molecule has 1 saturated carbocycles. The maximum Gasteiger partial charge on any atom is -0.0358 e. The summed E-state index contributed by atoms with van der Waals surface area (Å²) in [4.78, 5) is 0. The number of hydrogen-bond donors (Lipinski definition) is 0. The molecular weight excluding hydrogens is 192 g/mol. The first kappa shape index (κ1) is 14.1. The molecule has 0 amide bonds. The summed E-state index contributed by atoms with van der Waals surface area (Å²) in [7, 11) is 0. The Hall–Kier alpha value is 0. The van der Waals surface area contributed by atoms with E-state index in [4.69, 9.17) is 0 Å². The van der Waals surface area contributed by atoms with E-state index >= 15 is 0 Å². The fourth-order valence-corrected chi connectivity index (χ4v) is 3.64. The zero-order chi connectivity index (χ0) is 12.0. The molecular formula is C16H32. The van der Waals surface area contributed by atoms with Crippen LogP contribution in [0, 0.1) is 23.7 Å². The second-order valence-corrected chi connectivity index (χ2v) is 6.25. The number of unbranched alkanes of at least 4 members (excludes halogenated alkanes) is 1. The number of rotatable bonds is 6. The Morgan fingerprint density at radius 2 is 1.75 bits per heavy atom. The molecule has 0 aliphatic heterocycles. The molecule has 1 aliphatic rings. The van der Waals surface area contributed by atoms with Gasteiger partial charge in [0.1, 0.15) is 0 Å². The summed E-state index contributed by atoms with van der Waals surface area (Å²) in [5.41, 5.74) is 0. The molecule has 0 nitrogen and oxygen atoms in total. The average Bonchev–Trinajstić information content (AvgIpc) is 2.28. The van der Waals surface area contributed by atoms with Crippen molar-refractivity contribution in [3.8, 4) is 0 Å². The van der Waals surface area contributed by atoms with Gasteiger partial charge in [-0.1, -0.05) is 72.6 Å². The van der Waals surface area contributed by atoms with Gasteiger partial charge in [-0.3, -0.25) is 0 Å². The van der Waals surface area contributed by atoms with Crippen molar-refractivity contribution in [2.45, 2.75) is 79.1 Å². The lowest BCUT2D eigenvalue weighted by Gasteiger charge is -2.38. The zero-order valence-electron chi connectivity index (χ0n) is 12.0. The van der Waals surface area contributed by atoms with Crippen molar-refractivity contribution in [1.82, 2.24) is 0 Å². The molecule has 1 rings (SSSR count). The van der Waals surface area contributed by atoms with Gasteiger partial charge in [-0.2, -0.15) is 0 Å². The maximum absolute atomic E-state index is 2.51. The van der Waals surface area contributed by atoms with Gasteiger partial charge >= 0.3 is 0 Å². The van der Waals surface area contributed by atoms with Crippen molar-refractivity contribution >= 4 is 0 Å². The van der Waals surface area contributed by atoms with Crippen molar-refractivity contribution < 1.29 is 0 Å². The van der Waals surface area contributed by atoms with Gasteiger partial charge in [-0.15, -0.1) is 0 Å². The second-order valence-electron chi connectivity index (χ2n) is 6.25. The molecule has 1 fully saturated rings. The molecule has 0 aromatic carbocycles. The van der Waals surface area contributed by atoms with E-state index < -0.39 is 0 Å². The third kappa shape index (κ3) is 4.11. The SMILES string of the molecule is CCCCC(CCC)C1CC(C)CCC1C. The standard InChI is InChI=1S/C16H32/c1-5-7-9-15(8-6-2)16-12-13(3)10-11-14(16)4/h13-16H,5-12H2,1-4H3. The van der Waals surface area contributed by atoms with Crippen LogP contribution in [0.2, 0.25) is 0 Å². The molecule has 0 bridgehead atoms. The van der Waals surface area contributed by atoms with Crippen LogP contribution in [-0.2, 0) is 0 Å². The molecule has 4 atom stereocenters. The molecule has 0 heteroatoms. The van der Waals surface area contributed by atoms with Gasteiger partial charge in [0.2, 0.25) is 0 Å². The van der Waals surface area contributed by atoms with Crippen LogP contribution in [-0.4, -0.2) is 0 Å². The summed E-state index contributed by atoms with van der Waals surface area (Å²) < 4.78 is 0. The van der Waals surface area contributed by atoms with E-state index in [9.17, 15) is 0 Å². The largest absolute Gasteiger partial charge is 0.0654 e. The molecule has 1 aliphatic carbocycles. The van der Waals surface area contributed by atoms with Crippen LogP contribution in [0.3, 0.4) is 0 Å². The van der Waals surface area contributed by atoms with Crippen molar-refractivity contribution in [1.29, 1.82) is 0 Å². The summed E-state index contributed by atoms with van der Waals surface area (Å²) in [5, 5.41) is 0. The molecule has 96 valence electrons. The monoisotopic (exact) mass is 224 g/mol. The van der Waals surface area contributed by atoms with E-state index in [0.717, 1.165) is 23.7 Å². The summed E-state index contributed by atoms with van der Waals surface area (Å²) >= 11 is 0. The van der Waals surface area contributed by atoms with E-state index in [2.05, 4.69) is 27.7 Å². The van der Waals surface area contributed by atoms with E-state index in [1.807, 2.05) is 0 Å². The van der Waals surface area contributed by atoms with Crippen LogP contribution in [0.4, 0.5) is 0 Å². The van der Waals surface area contributed by atoms with Gasteiger partial charge in [-0.25, -0.2) is 0 Å². The topological polar surface area (TPSA) is 0 Å². The minimum atomic E-state index is 0.988. The fourth-order valence-electron chi connectivity index (χ4n) is 3.64. The molecule has 16 heavy (non-hydrogen) atoms. The Kier molecular flexibility index (Phi) is 6.46. The highest BCUT2D eigenvalue weighted by molar-refractivity contribution is 4.81. The Morgan fingerprint density at radius 1 is 1.00 bits per heavy atom. The van der Waals surface area contributed by atoms with Crippen LogP contribution in [0.25, 0.3) is 0 Å². The first-order valence-electron chi connectivity index (χ1n) is 7.69. The molecule has 0 aromatic heterocycles. The Labute approximate surface area is 103 Å². The van der Waals surface area contributed by atoms with Crippen molar-refractivity contribution in [2.24, 2.45) is 23.7 Å². The van der Waals surface area contributed by atoms with Crippen LogP contribution >= 0.6 is 0 Å². The smallest absolute Gasteiger partial charge is 0.0358 e. The quantitative estimate of drug-likeness (QED) is 0.545. The first-order chi connectivity index (χ1) is 7.69. The van der Waals surface area contributed by atoms with E-state index in [0.29, 0.717) is 0 Å². The van der Waals surface area contributed by atoms with Crippen molar-refractivity contribution in [3.05, 3.63) is 0 Å². The first-order valence-corrected chi connectivity index (χ1v) is 7.69. The number of hydrogen-bond acceptors (Lipinski definition) is 0. The lowest BCUT2D eigenvalue weighted by atomic mass is 9.67.